The molecule has 0 bridgehead atoms. The Morgan fingerprint density at radius 3 is 2.37 bits per heavy atom. The average molecular weight is 500 g/mol. The number of ether oxygens (including phenoxy) is 3. The number of rotatable bonds is 9. The molecule has 11 nitrogen and oxygen atoms in total. The van der Waals surface area contributed by atoms with E-state index in [1.54, 1.807) is 12.1 Å². The molecule has 2 amide bonds. The van der Waals surface area contributed by atoms with Crippen LogP contribution >= 0.6 is 0 Å². The third-order valence-electron chi connectivity index (χ3n) is 4.39. The Balaban J connectivity index is 1.59. The highest BCUT2D eigenvalue weighted by atomic mass is 32.2. The van der Waals surface area contributed by atoms with Crippen molar-refractivity contribution < 1.29 is 37.0 Å². The van der Waals surface area contributed by atoms with Crippen LogP contribution in [-0.4, -0.2) is 51.6 Å². The zero-order chi connectivity index (χ0) is 25.3. The van der Waals surface area contributed by atoms with E-state index in [0.29, 0.717) is 5.75 Å². The van der Waals surface area contributed by atoms with Crippen LogP contribution in [0.1, 0.15) is 20.7 Å². The zero-order valence-corrected chi connectivity index (χ0v) is 19.3. The molecule has 1 heterocycles. The summed E-state index contributed by atoms with van der Waals surface area (Å²) in [7, 11) is -3.18. The normalized spacial score (nSPS) is 10.7. The van der Waals surface area contributed by atoms with Crippen LogP contribution in [0, 0.1) is 0 Å². The van der Waals surface area contributed by atoms with Crippen molar-refractivity contribution in [1.82, 2.24) is 15.0 Å². The number of hydrogen-bond donors (Lipinski definition) is 2. The van der Waals surface area contributed by atoms with E-state index in [9.17, 15) is 22.8 Å². The molecule has 0 saturated heterocycles. The van der Waals surface area contributed by atoms with Crippen LogP contribution in [0.2, 0.25) is 0 Å². The predicted octanol–water partition coefficient (Wildman–Crippen LogP) is 2.15. The van der Waals surface area contributed by atoms with Gasteiger partial charge in [0, 0.05) is 17.8 Å². The Morgan fingerprint density at radius 1 is 0.914 bits per heavy atom. The molecule has 3 aromatic rings. The molecule has 0 atom stereocenters. The molecule has 0 radical (unpaired) electrons. The molecule has 3 rings (SSSR count). The van der Waals surface area contributed by atoms with Crippen molar-refractivity contribution in [3.8, 4) is 11.6 Å². The number of nitrogens with one attached hydrogen (secondary N) is 2. The smallest absolute Gasteiger partial charge is 0.492 e. The molecule has 0 saturated carbocycles. The largest absolute Gasteiger partial charge is 0.514 e. The lowest BCUT2D eigenvalue weighted by atomic mass is 10.2. The van der Waals surface area contributed by atoms with Gasteiger partial charge in [-0.1, -0.05) is 24.3 Å². The SMILES string of the molecule is COC(=O)Oc1ccc(C(=O)NS(=O)(=O)c2cccc(C(=O)NCCOc3ccccc3)c2)cn1. The first kappa shape index (κ1) is 25.2. The Bertz CT molecular complexity index is 1300. The molecular formula is C23H21N3O8S. The molecule has 0 aliphatic rings. The summed E-state index contributed by atoms with van der Waals surface area (Å²) in [5.41, 5.74) is -0.0101. The van der Waals surface area contributed by atoms with Gasteiger partial charge in [-0.15, -0.1) is 0 Å². The molecule has 0 unspecified atom stereocenters. The molecule has 2 aromatic carbocycles. The number of carbonyl (C=O) groups is 3. The van der Waals surface area contributed by atoms with Crippen molar-refractivity contribution in [1.29, 1.82) is 0 Å². The van der Waals surface area contributed by atoms with E-state index in [4.69, 9.17) is 9.47 Å². The van der Waals surface area contributed by atoms with Crippen LogP contribution in [0.3, 0.4) is 0 Å². The number of pyridine rings is 1. The van der Waals surface area contributed by atoms with E-state index in [2.05, 4.69) is 15.0 Å². The van der Waals surface area contributed by atoms with Gasteiger partial charge in [0.15, 0.2) is 0 Å². The monoisotopic (exact) mass is 499 g/mol. The van der Waals surface area contributed by atoms with E-state index < -0.39 is 28.0 Å². The van der Waals surface area contributed by atoms with Gasteiger partial charge in [0.2, 0.25) is 5.88 Å². The quantitative estimate of drug-likeness (QED) is 0.333. The van der Waals surface area contributed by atoms with Gasteiger partial charge in [-0.3, -0.25) is 9.59 Å². The Hall–Kier alpha value is -4.45. The summed E-state index contributed by atoms with van der Waals surface area (Å²) in [5, 5.41) is 2.64. The van der Waals surface area contributed by atoms with Crippen LogP contribution < -0.4 is 19.5 Å². The maximum atomic E-state index is 12.7. The first-order chi connectivity index (χ1) is 16.8. The van der Waals surface area contributed by atoms with Gasteiger partial charge < -0.3 is 19.5 Å². The van der Waals surface area contributed by atoms with Gasteiger partial charge in [-0.25, -0.2) is 22.9 Å². The minimum atomic E-state index is -4.30. The summed E-state index contributed by atoms with van der Waals surface area (Å²) >= 11 is 0. The fraction of sp³-hybridized carbons (Fsp3) is 0.130. The highest BCUT2D eigenvalue weighted by Crippen LogP contribution is 2.14. The Kier molecular flexibility index (Phi) is 8.35. The van der Waals surface area contributed by atoms with E-state index >= 15 is 0 Å². The highest BCUT2D eigenvalue weighted by molar-refractivity contribution is 7.90. The number of benzene rings is 2. The first-order valence-electron chi connectivity index (χ1n) is 10.1. The van der Waals surface area contributed by atoms with Crippen molar-refractivity contribution >= 4 is 28.0 Å². The zero-order valence-electron chi connectivity index (χ0n) is 18.5. The molecule has 0 spiro atoms. The molecular weight excluding hydrogens is 478 g/mol. The summed E-state index contributed by atoms with van der Waals surface area (Å²) in [6.07, 6.45) is 0.0368. The third-order valence-corrected chi connectivity index (χ3v) is 5.71. The molecule has 35 heavy (non-hydrogen) atoms. The second-order valence-corrected chi connectivity index (χ2v) is 8.50. The fourth-order valence-electron chi connectivity index (χ4n) is 2.70. The fourth-order valence-corrected chi connectivity index (χ4v) is 3.72. The topological polar surface area (TPSA) is 150 Å². The van der Waals surface area contributed by atoms with Crippen molar-refractivity contribution in [3.63, 3.8) is 0 Å². The number of methoxy groups -OCH3 is 1. The molecule has 0 aliphatic carbocycles. The Morgan fingerprint density at radius 2 is 1.69 bits per heavy atom. The predicted molar refractivity (Wildman–Crippen MR) is 123 cm³/mol. The number of para-hydroxylation sites is 1. The van der Waals surface area contributed by atoms with E-state index in [1.807, 2.05) is 22.9 Å². The second kappa shape index (κ2) is 11.6. The highest BCUT2D eigenvalue weighted by Gasteiger charge is 2.20. The van der Waals surface area contributed by atoms with Gasteiger partial charge >= 0.3 is 6.16 Å². The van der Waals surface area contributed by atoms with E-state index in [0.717, 1.165) is 19.4 Å². The summed E-state index contributed by atoms with van der Waals surface area (Å²) < 4.78 is 41.8. The van der Waals surface area contributed by atoms with Gasteiger partial charge in [0.25, 0.3) is 21.8 Å². The van der Waals surface area contributed by atoms with Crippen molar-refractivity contribution in [2.24, 2.45) is 0 Å². The molecule has 182 valence electrons. The maximum Gasteiger partial charge on any atom is 0.514 e. The lowest BCUT2D eigenvalue weighted by Gasteiger charge is -2.10. The van der Waals surface area contributed by atoms with Gasteiger partial charge in [-0.2, -0.15) is 0 Å². The summed E-state index contributed by atoms with van der Waals surface area (Å²) in [5.74, 6) is -0.944. The third kappa shape index (κ3) is 7.27. The summed E-state index contributed by atoms with van der Waals surface area (Å²) in [6.45, 7) is 0.422. The number of nitrogens with zero attached hydrogens (tertiary/aromatic N) is 1. The van der Waals surface area contributed by atoms with Crippen LogP contribution in [0.5, 0.6) is 11.6 Å². The lowest BCUT2D eigenvalue weighted by Crippen LogP contribution is -2.31. The number of carbonyl (C=O) groups excluding carboxylic acids is 3. The Labute approximate surface area is 201 Å². The van der Waals surface area contributed by atoms with E-state index in [-0.39, 0.29) is 35.1 Å². The molecule has 0 aliphatic heterocycles. The standard InChI is InChI=1S/C23H21N3O8S/c1-32-23(29)34-20-11-10-17(15-25-20)22(28)26-35(30,31)19-9-5-6-16(14-19)21(27)24-12-13-33-18-7-3-2-4-8-18/h2-11,14-15H,12-13H2,1H3,(H,24,27)(H,26,28). The maximum absolute atomic E-state index is 12.7. The minimum Gasteiger partial charge on any atom is -0.492 e. The van der Waals surface area contributed by atoms with Crippen molar-refractivity contribution in [2.45, 2.75) is 4.90 Å². The number of hydrogen-bond acceptors (Lipinski definition) is 9. The van der Waals surface area contributed by atoms with Crippen LogP contribution in [-0.2, 0) is 14.8 Å². The average Bonchev–Trinajstić information content (AvgIpc) is 2.87. The molecule has 1 aromatic heterocycles. The molecule has 2 N–H and O–H groups in total. The molecule has 0 fully saturated rings. The lowest BCUT2D eigenvalue weighted by molar-refractivity contribution is 0.0945. The van der Waals surface area contributed by atoms with Crippen LogP contribution in [0.25, 0.3) is 0 Å². The van der Waals surface area contributed by atoms with Gasteiger partial charge in [0.05, 0.1) is 24.1 Å². The van der Waals surface area contributed by atoms with Crippen LogP contribution in [0.15, 0.2) is 77.8 Å². The van der Waals surface area contributed by atoms with Crippen LogP contribution in [0.4, 0.5) is 4.79 Å². The van der Waals surface area contributed by atoms with Gasteiger partial charge in [0.1, 0.15) is 12.4 Å². The molecule has 12 heteroatoms. The van der Waals surface area contributed by atoms with Gasteiger partial charge in [-0.05, 0) is 36.4 Å². The summed E-state index contributed by atoms with van der Waals surface area (Å²) in [6, 6.07) is 16.7. The second-order valence-electron chi connectivity index (χ2n) is 6.82. The first-order valence-corrected chi connectivity index (χ1v) is 11.6. The number of sulfonamides is 1. The summed E-state index contributed by atoms with van der Waals surface area (Å²) in [4.78, 5) is 39.3. The minimum absolute atomic E-state index is 0.0889. The van der Waals surface area contributed by atoms with Crippen molar-refractivity contribution in [2.75, 3.05) is 20.3 Å². The van der Waals surface area contributed by atoms with E-state index in [1.165, 1.54) is 30.3 Å². The van der Waals surface area contributed by atoms with Crippen molar-refractivity contribution in [3.05, 3.63) is 84.1 Å². The number of amides is 2. The number of aromatic nitrogens is 1.